The van der Waals surface area contributed by atoms with Crippen LogP contribution in [0.15, 0.2) is 4.42 Å². The first-order chi connectivity index (χ1) is 10.4. The summed E-state index contributed by atoms with van der Waals surface area (Å²) in [5.41, 5.74) is 0. The number of nitrogens with zero attached hydrogens (tertiary/aromatic N) is 2. The lowest BCUT2D eigenvalue weighted by Crippen LogP contribution is -2.51. The van der Waals surface area contributed by atoms with Crippen LogP contribution in [0.5, 0.6) is 0 Å². The van der Waals surface area contributed by atoms with Gasteiger partial charge in [0.25, 0.3) is 0 Å². The molecule has 1 aromatic heterocycles. The van der Waals surface area contributed by atoms with Crippen LogP contribution in [0.25, 0.3) is 0 Å². The summed E-state index contributed by atoms with van der Waals surface area (Å²) < 4.78 is 5.22. The first kappa shape index (κ1) is 17.8. The van der Waals surface area contributed by atoms with E-state index in [1.807, 2.05) is 0 Å². The third-order valence-corrected chi connectivity index (χ3v) is 2.75. The van der Waals surface area contributed by atoms with Gasteiger partial charge in [-0.2, -0.15) is 0 Å². The van der Waals surface area contributed by atoms with Crippen LogP contribution >= 0.6 is 0 Å². The number of hydrogen-bond acceptors (Lipinski definition) is 8. The van der Waals surface area contributed by atoms with E-state index < -0.39 is 30.2 Å². The zero-order chi connectivity index (χ0) is 16.7. The molecule has 1 rings (SSSR count). The Labute approximate surface area is 125 Å². The van der Waals surface area contributed by atoms with E-state index in [-0.39, 0.29) is 24.9 Å². The predicted octanol–water partition coefficient (Wildman–Crippen LogP) is -2.04. The molecule has 0 saturated heterocycles. The summed E-state index contributed by atoms with van der Waals surface area (Å²) in [5, 5.41) is 41.7. The summed E-state index contributed by atoms with van der Waals surface area (Å²) in [6.45, 7) is 0.879. The van der Waals surface area contributed by atoms with Crippen molar-refractivity contribution in [1.82, 2.24) is 26.1 Å². The smallest absolute Gasteiger partial charge is 0.328 e. The number of hydrogen-bond donors (Lipinski definition) is 6. The first-order valence-corrected chi connectivity index (χ1v) is 6.44. The van der Waals surface area contributed by atoms with Crippen LogP contribution in [0.4, 0.5) is 4.79 Å². The van der Waals surface area contributed by atoms with Crippen molar-refractivity contribution in [3.05, 3.63) is 11.8 Å². The van der Waals surface area contributed by atoms with Crippen molar-refractivity contribution in [3.63, 3.8) is 0 Å². The molecule has 2 amide bonds. The van der Waals surface area contributed by atoms with Gasteiger partial charge in [-0.3, -0.25) is 0 Å². The second-order valence-electron chi connectivity index (χ2n) is 4.44. The summed E-state index contributed by atoms with van der Waals surface area (Å²) in [5.74, 6) is -1.11. The summed E-state index contributed by atoms with van der Waals surface area (Å²) in [4.78, 5) is 22.4. The van der Waals surface area contributed by atoms with Crippen molar-refractivity contribution >= 4 is 12.0 Å². The fourth-order valence-corrected chi connectivity index (χ4v) is 1.51. The van der Waals surface area contributed by atoms with Gasteiger partial charge in [0.05, 0.1) is 19.3 Å². The van der Waals surface area contributed by atoms with Gasteiger partial charge in [0.1, 0.15) is 6.04 Å². The van der Waals surface area contributed by atoms with Gasteiger partial charge in [-0.25, -0.2) is 9.59 Å². The molecule has 0 saturated carbocycles. The molecule has 3 atom stereocenters. The Hall–Kier alpha value is -2.24. The molecule has 1 heterocycles. The first-order valence-electron chi connectivity index (χ1n) is 6.44. The Morgan fingerprint density at radius 1 is 1.36 bits per heavy atom. The number of urea groups is 1. The van der Waals surface area contributed by atoms with Crippen LogP contribution in [0.3, 0.4) is 0 Å². The number of aliphatic hydroxyl groups excluding tert-OH is 2. The van der Waals surface area contributed by atoms with E-state index in [1.165, 1.54) is 6.92 Å². The molecular formula is C11H19N5O6. The van der Waals surface area contributed by atoms with Gasteiger partial charge < -0.3 is 35.7 Å². The molecule has 124 valence electrons. The predicted molar refractivity (Wildman–Crippen MR) is 71.7 cm³/mol. The van der Waals surface area contributed by atoms with Gasteiger partial charge in [-0.15, -0.1) is 10.2 Å². The Balaban J connectivity index is 2.52. The minimum Gasteiger partial charge on any atom is -0.480 e. The maximum Gasteiger partial charge on any atom is 0.328 e. The Morgan fingerprint density at radius 3 is 2.55 bits per heavy atom. The van der Waals surface area contributed by atoms with Crippen molar-refractivity contribution < 1.29 is 29.3 Å². The van der Waals surface area contributed by atoms with E-state index in [2.05, 4.69) is 26.1 Å². The van der Waals surface area contributed by atoms with Crippen molar-refractivity contribution in [3.8, 4) is 0 Å². The average Bonchev–Trinajstić information content (AvgIpc) is 2.92. The van der Waals surface area contributed by atoms with Crippen LogP contribution in [0.2, 0.25) is 0 Å². The van der Waals surface area contributed by atoms with E-state index in [4.69, 9.17) is 14.6 Å². The van der Waals surface area contributed by atoms with Crippen LogP contribution in [0, 0.1) is 0 Å². The molecule has 6 N–H and O–H groups in total. The van der Waals surface area contributed by atoms with Gasteiger partial charge in [-0.05, 0) is 14.0 Å². The highest BCUT2D eigenvalue weighted by molar-refractivity contribution is 5.82. The van der Waals surface area contributed by atoms with Crippen LogP contribution < -0.4 is 16.0 Å². The van der Waals surface area contributed by atoms with Crippen LogP contribution in [-0.2, 0) is 11.3 Å². The monoisotopic (exact) mass is 317 g/mol. The number of nitrogens with one attached hydrogen (secondary N) is 3. The maximum atomic E-state index is 11.5. The molecule has 1 aromatic rings. The highest BCUT2D eigenvalue weighted by Crippen LogP contribution is 2.09. The molecule has 22 heavy (non-hydrogen) atoms. The number of carboxylic acids is 1. The molecular weight excluding hydrogens is 298 g/mol. The van der Waals surface area contributed by atoms with Gasteiger partial charge in [-0.1, -0.05) is 0 Å². The van der Waals surface area contributed by atoms with Gasteiger partial charge in [0.2, 0.25) is 11.8 Å². The minimum atomic E-state index is -1.43. The van der Waals surface area contributed by atoms with E-state index in [1.54, 1.807) is 7.05 Å². The molecule has 0 spiro atoms. The van der Waals surface area contributed by atoms with Crippen molar-refractivity contribution in [1.29, 1.82) is 0 Å². The molecule has 0 aromatic carbocycles. The zero-order valence-electron chi connectivity index (χ0n) is 12.1. The van der Waals surface area contributed by atoms with Crippen molar-refractivity contribution in [2.24, 2.45) is 0 Å². The molecule has 2 unspecified atom stereocenters. The molecule has 11 nitrogen and oxygen atoms in total. The van der Waals surface area contributed by atoms with Crippen molar-refractivity contribution in [2.75, 3.05) is 13.7 Å². The number of carboxylic acid groups (broad SMARTS) is 1. The fraction of sp³-hybridized carbons (Fsp3) is 0.636. The molecule has 0 aliphatic rings. The molecule has 0 aliphatic heterocycles. The van der Waals surface area contributed by atoms with E-state index in [0.717, 1.165) is 0 Å². The number of likely N-dealkylation sites (N-methyl/N-ethyl adjacent to an activating group) is 1. The number of carbonyl (C=O) groups is 2. The number of aliphatic carboxylic acids is 1. The Bertz CT molecular complexity index is 501. The molecule has 0 bridgehead atoms. The third-order valence-electron chi connectivity index (χ3n) is 2.75. The number of rotatable bonds is 8. The van der Waals surface area contributed by atoms with Gasteiger partial charge in [0.15, 0.2) is 6.04 Å². The largest absolute Gasteiger partial charge is 0.480 e. The lowest BCUT2D eigenvalue weighted by molar-refractivity contribution is -0.141. The number of amides is 2. The normalized spacial score (nSPS) is 14.9. The SMILES string of the molecule is CNC(CO)c1nnc(CNC(=O)N[C@H](C(=O)O)C(C)O)o1. The van der Waals surface area contributed by atoms with Gasteiger partial charge >= 0.3 is 12.0 Å². The summed E-state index contributed by atoms with van der Waals surface area (Å²) >= 11 is 0. The minimum absolute atomic E-state index is 0.0859. The second kappa shape index (κ2) is 8.26. The highest BCUT2D eigenvalue weighted by Gasteiger charge is 2.25. The lowest BCUT2D eigenvalue weighted by atomic mass is 10.2. The lowest BCUT2D eigenvalue weighted by Gasteiger charge is -2.16. The van der Waals surface area contributed by atoms with E-state index >= 15 is 0 Å². The van der Waals surface area contributed by atoms with Gasteiger partial charge in [0, 0.05) is 0 Å². The number of aliphatic hydroxyl groups is 2. The van der Waals surface area contributed by atoms with Crippen LogP contribution in [0.1, 0.15) is 24.7 Å². The zero-order valence-corrected chi connectivity index (χ0v) is 12.1. The maximum absolute atomic E-state index is 11.5. The molecule has 0 fully saturated rings. The fourth-order valence-electron chi connectivity index (χ4n) is 1.51. The van der Waals surface area contributed by atoms with E-state index in [0.29, 0.717) is 0 Å². The Kier molecular flexibility index (Phi) is 6.69. The summed E-state index contributed by atoms with van der Waals surface area (Å²) in [7, 11) is 1.61. The number of aromatic nitrogens is 2. The quantitative estimate of drug-likeness (QED) is 0.316. The van der Waals surface area contributed by atoms with Crippen LogP contribution in [-0.4, -0.2) is 63.3 Å². The second-order valence-corrected chi connectivity index (χ2v) is 4.44. The number of carbonyl (C=O) groups excluding carboxylic acids is 1. The summed E-state index contributed by atoms with van der Waals surface area (Å²) in [6.07, 6.45) is -1.25. The highest BCUT2D eigenvalue weighted by atomic mass is 16.4. The molecule has 0 radical (unpaired) electrons. The standard InChI is InChI=1S/C11H19N5O6/c1-5(18)8(10(19)20)14-11(21)13-3-7-15-16-9(22-7)6(4-17)12-2/h5-6,8,12,17-18H,3-4H2,1-2H3,(H,19,20)(H2,13,14,21)/t5?,6?,8-/m0/s1. The third kappa shape index (κ3) is 4.95. The topological polar surface area (TPSA) is 170 Å². The van der Waals surface area contributed by atoms with Crippen molar-refractivity contribution in [2.45, 2.75) is 31.7 Å². The Morgan fingerprint density at radius 2 is 2.05 bits per heavy atom. The molecule has 0 aliphatic carbocycles. The average molecular weight is 317 g/mol. The molecule has 11 heteroatoms. The van der Waals surface area contributed by atoms with E-state index in [9.17, 15) is 14.7 Å². The summed E-state index contributed by atoms with van der Waals surface area (Å²) in [6, 6.07) is -2.75.